The molecular formula is C8H17NO2. The van der Waals surface area contributed by atoms with Crippen LogP contribution in [0.25, 0.3) is 0 Å². The Morgan fingerprint density at radius 3 is 2.18 bits per heavy atom. The van der Waals surface area contributed by atoms with Crippen LogP contribution in [-0.4, -0.2) is 47.5 Å². The lowest BCUT2D eigenvalue weighted by atomic mass is 9.90. The van der Waals surface area contributed by atoms with Gasteiger partial charge in [0.25, 0.3) is 0 Å². The first kappa shape index (κ1) is 8.97. The van der Waals surface area contributed by atoms with Gasteiger partial charge in [-0.3, -0.25) is 0 Å². The molecule has 1 rings (SSSR count). The minimum atomic E-state index is -0.517. The zero-order valence-electron chi connectivity index (χ0n) is 7.20. The Kier molecular flexibility index (Phi) is 2.87. The van der Waals surface area contributed by atoms with Crippen molar-refractivity contribution in [3.8, 4) is 0 Å². The molecule has 3 atom stereocenters. The standard InChI is InChI=1S/C8H17NO2/c1-9(2)6-3-4-7(10)8(11)5-6/h6-8,10-11H,3-5H2,1-2H3/t6-,7-,8+/m1/s1. The second kappa shape index (κ2) is 3.52. The summed E-state index contributed by atoms with van der Waals surface area (Å²) >= 11 is 0. The molecule has 11 heavy (non-hydrogen) atoms. The molecule has 0 aromatic heterocycles. The van der Waals surface area contributed by atoms with E-state index < -0.39 is 12.2 Å². The molecule has 2 N–H and O–H groups in total. The summed E-state index contributed by atoms with van der Waals surface area (Å²) in [5.74, 6) is 0. The quantitative estimate of drug-likeness (QED) is 0.558. The smallest absolute Gasteiger partial charge is 0.0814 e. The molecule has 0 aromatic carbocycles. The van der Waals surface area contributed by atoms with Gasteiger partial charge in [0.1, 0.15) is 0 Å². The number of hydrogen-bond acceptors (Lipinski definition) is 3. The maximum absolute atomic E-state index is 9.32. The van der Waals surface area contributed by atoms with Gasteiger partial charge in [0, 0.05) is 6.04 Å². The third-order valence-corrected chi connectivity index (χ3v) is 2.48. The summed E-state index contributed by atoms with van der Waals surface area (Å²) in [7, 11) is 4.02. The summed E-state index contributed by atoms with van der Waals surface area (Å²) in [4.78, 5) is 2.11. The average Bonchev–Trinajstić information content (AvgIpc) is 1.94. The highest BCUT2D eigenvalue weighted by atomic mass is 16.3. The van der Waals surface area contributed by atoms with Crippen molar-refractivity contribution in [2.24, 2.45) is 0 Å². The first-order chi connectivity index (χ1) is 5.11. The second-order valence-electron chi connectivity index (χ2n) is 3.57. The monoisotopic (exact) mass is 159 g/mol. The van der Waals surface area contributed by atoms with E-state index >= 15 is 0 Å². The van der Waals surface area contributed by atoms with E-state index in [0.29, 0.717) is 12.5 Å². The van der Waals surface area contributed by atoms with E-state index in [0.717, 1.165) is 12.8 Å². The lowest BCUT2D eigenvalue weighted by molar-refractivity contribution is -0.0307. The molecule has 0 heterocycles. The molecule has 1 saturated carbocycles. The first-order valence-electron chi connectivity index (χ1n) is 4.14. The Bertz CT molecular complexity index is 127. The van der Waals surface area contributed by atoms with Crippen molar-refractivity contribution in [3.63, 3.8) is 0 Å². The van der Waals surface area contributed by atoms with Gasteiger partial charge in [-0.1, -0.05) is 0 Å². The third kappa shape index (κ3) is 2.15. The Morgan fingerprint density at radius 1 is 1.09 bits per heavy atom. The first-order valence-corrected chi connectivity index (χ1v) is 4.14. The van der Waals surface area contributed by atoms with Crippen molar-refractivity contribution in [3.05, 3.63) is 0 Å². The van der Waals surface area contributed by atoms with Crippen LogP contribution in [0.1, 0.15) is 19.3 Å². The Morgan fingerprint density at radius 2 is 1.73 bits per heavy atom. The molecule has 0 unspecified atom stereocenters. The normalized spacial score (nSPS) is 39.5. The summed E-state index contributed by atoms with van der Waals surface area (Å²) < 4.78 is 0. The van der Waals surface area contributed by atoms with Crippen molar-refractivity contribution >= 4 is 0 Å². The van der Waals surface area contributed by atoms with E-state index in [9.17, 15) is 10.2 Å². The van der Waals surface area contributed by atoms with Gasteiger partial charge < -0.3 is 15.1 Å². The van der Waals surface area contributed by atoms with Crippen molar-refractivity contribution in [2.75, 3.05) is 14.1 Å². The molecule has 1 fully saturated rings. The van der Waals surface area contributed by atoms with E-state index in [1.165, 1.54) is 0 Å². The van der Waals surface area contributed by atoms with Crippen LogP contribution in [-0.2, 0) is 0 Å². The van der Waals surface area contributed by atoms with Crippen molar-refractivity contribution in [1.82, 2.24) is 4.90 Å². The molecule has 0 amide bonds. The molecule has 0 spiro atoms. The van der Waals surface area contributed by atoms with Crippen LogP contribution >= 0.6 is 0 Å². The minimum Gasteiger partial charge on any atom is -0.390 e. The fourth-order valence-electron chi connectivity index (χ4n) is 1.58. The minimum absolute atomic E-state index is 0.438. The molecule has 0 aromatic rings. The van der Waals surface area contributed by atoms with Gasteiger partial charge in [0.05, 0.1) is 12.2 Å². The van der Waals surface area contributed by atoms with Gasteiger partial charge in [0.15, 0.2) is 0 Å². The van der Waals surface area contributed by atoms with E-state index in [-0.39, 0.29) is 0 Å². The lowest BCUT2D eigenvalue weighted by Crippen LogP contribution is -2.41. The van der Waals surface area contributed by atoms with E-state index in [4.69, 9.17) is 0 Å². The van der Waals surface area contributed by atoms with Gasteiger partial charge in [0.2, 0.25) is 0 Å². The summed E-state index contributed by atoms with van der Waals surface area (Å²) in [6.07, 6.45) is 1.41. The van der Waals surface area contributed by atoms with Crippen molar-refractivity contribution < 1.29 is 10.2 Å². The Labute approximate surface area is 67.6 Å². The topological polar surface area (TPSA) is 43.7 Å². The number of aliphatic hydroxyl groups is 2. The van der Waals surface area contributed by atoms with E-state index in [1.54, 1.807) is 0 Å². The van der Waals surface area contributed by atoms with Gasteiger partial charge in [-0.2, -0.15) is 0 Å². The molecule has 1 aliphatic rings. The summed E-state index contributed by atoms with van der Waals surface area (Å²) in [5, 5.41) is 18.5. The predicted molar refractivity (Wildman–Crippen MR) is 43.3 cm³/mol. The van der Waals surface area contributed by atoms with Crippen LogP contribution in [0.2, 0.25) is 0 Å². The molecule has 1 aliphatic carbocycles. The van der Waals surface area contributed by atoms with Crippen molar-refractivity contribution in [1.29, 1.82) is 0 Å². The predicted octanol–water partition coefficient (Wildman–Crippen LogP) is -0.178. The third-order valence-electron chi connectivity index (χ3n) is 2.48. The van der Waals surface area contributed by atoms with Crippen LogP contribution in [0.5, 0.6) is 0 Å². The zero-order chi connectivity index (χ0) is 8.43. The number of rotatable bonds is 1. The van der Waals surface area contributed by atoms with Crippen molar-refractivity contribution in [2.45, 2.75) is 37.5 Å². The van der Waals surface area contributed by atoms with Gasteiger partial charge in [-0.25, -0.2) is 0 Å². The van der Waals surface area contributed by atoms with Crippen LogP contribution in [0.15, 0.2) is 0 Å². The summed E-state index contributed by atoms with van der Waals surface area (Å²) in [6, 6.07) is 0.438. The maximum Gasteiger partial charge on any atom is 0.0814 e. The van der Waals surface area contributed by atoms with Gasteiger partial charge in [-0.15, -0.1) is 0 Å². The number of aliphatic hydroxyl groups excluding tert-OH is 2. The number of hydrogen-bond donors (Lipinski definition) is 2. The fraction of sp³-hybridized carbons (Fsp3) is 1.00. The molecule has 0 radical (unpaired) electrons. The fourth-order valence-corrected chi connectivity index (χ4v) is 1.58. The van der Waals surface area contributed by atoms with E-state index in [2.05, 4.69) is 4.90 Å². The molecule has 3 nitrogen and oxygen atoms in total. The second-order valence-corrected chi connectivity index (χ2v) is 3.57. The molecule has 66 valence electrons. The molecule has 0 bridgehead atoms. The highest BCUT2D eigenvalue weighted by molar-refractivity contribution is 4.82. The summed E-state index contributed by atoms with van der Waals surface area (Å²) in [5.41, 5.74) is 0. The van der Waals surface area contributed by atoms with Crippen LogP contribution in [0.3, 0.4) is 0 Å². The number of nitrogens with zero attached hydrogens (tertiary/aromatic N) is 1. The SMILES string of the molecule is CN(C)[C@@H]1CC[C@@H](O)[C@@H](O)C1. The van der Waals surface area contributed by atoms with Gasteiger partial charge >= 0.3 is 0 Å². The molecule has 0 saturated heterocycles. The average molecular weight is 159 g/mol. The van der Waals surface area contributed by atoms with Crippen LogP contribution < -0.4 is 0 Å². The Hall–Kier alpha value is -0.120. The van der Waals surface area contributed by atoms with Crippen LogP contribution in [0, 0.1) is 0 Å². The largest absolute Gasteiger partial charge is 0.390 e. The van der Waals surface area contributed by atoms with E-state index in [1.807, 2.05) is 14.1 Å². The van der Waals surface area contributed by atoms with Gasteiger partial charge in [-0.05, 0) is 33.4 Å². The Balaban J connectivity index is 2.40. The molecule has 0 aliphatic heterocycles. The maximum atomic E-state index is 9.32. The molecular weight excluding hydrogens is 142 g/mol. The lowest BCUT2D eigenvalue weighted by Gasteiger charge is -2.33. The highest BCUT2D eigenvalue weighted by Crippen LogP contribution is 2.21. The summed E-state index contributed by atoms with van der Waals surface area (Å²) in [6.45, 7) is 0. The van der Waals surface area contributed by atoms with Crippen LogP contribution in [0.4, 0.5) is 0 Å². The zero-order valence-corrected chi connectivity index (χ0v) is 7.20. The highest BCUT2D eigenvalue weighted by Gasteiger charge is 2.28. The molecule has 3 heteroatoms.